The molecule has 0 saturated heterocycles. The quantitative estimate of drug-likeness (QED) is 0.462. The van der Waals surface area contributed by atoms with Crippen LogP contribution in [0.15, 0.2) is 35.7 Å². The Morgan fingerprint density at radius 3 is 2.67 bits per heavy atom. The van der Waals surface area contributed by atoms with Gasteiger partial charge in [0.25, 0.3) is 5.91 Å². The molecule has 0 spiro atoms. The Hall–Kier alpha value is -2.48. The number of carbonyl (C=O) groups excluding carboxylic acids is 1. The van der Waals surface area contributed by atoms with Crippen molar-refractivity contribution in [3.63, 3.8) is 0 Å². The van der Waals surface area contributed by atoms with Crippen LogP contribution in [0.25, 0.3) is 21.5 Å². The predicted molar refractivity (Wildman–Crippen MR) is 114 cm³/mol. The van der Waals surface area contributed by atoms with Gasteiger partial charge in [0.15, 0.2) is 5.13 Å². The molecule has 0 aliphatic carbocycles. The second-order valence-corrected chi connectivity index (χ2v) is 8.40. The fourth-order valence-corrected chi connectivity index (χ4v) is 4.83. The van der Waals surface area contributed by atoms with E-state index in [1.807, 2.05) is 49.6 Å². The van der Waals surface area contributed by atoms with E-state index >= 15 is 0 Å². The zero-order valence-corrected chi connectivity index (χ0v) is 16.9. The molecule has 0 unspecified atom stereocenters. The van der Waals surface area contributed by atoms with Crippen LogP contribution in [-0.4, -0.2) is 15.9 Å². The van der Waals surface area contributed by atoms with Gasteiger partial charge in [0.05, 0.1) is 11.4 Å². The van der Waals surface area contributed by atoms with Crippen molar-refractivity contribution in [2.24, 2.45) is 0 Å². The molecular formula is C19H15ClN4OS2. The molecule has 1 aromatic carbocycles. The maximum Gasteiger partial charge on any atom is 0.269 e. The highest BCUT2D eigenvalue weighted by Crippen LogP contribution is 2.35. The van der Waals surface area contributed by atoms with Gasteiger partial charge in [-0.15, -0.1) is 22.7 Å². The number of aryl methyl sites for hydroxylation is 2. The van der Waals surface area contributed by atoms with E-state index in [0.29, 0.717) is 20.7 Å². The second-order valence-electron chi connectivity index (χ2n) is 6.10. The molecule has 0 aliphatic heterocycles. The van der Waals surface area contributed by atoms with Crippen molar-refractivity contribution in [2.45, 2.75) is 13.8 Å². The molecule has 0 saturated carbocycles. The number of aromatic nitrogens is 2. The molecule has 0 radical (unpaired) electrons. The molecule has 1 amide bonds. The number of carbonyl (C=O) groups is 1. The molecule has 0 bridgehead atoms. The van der Waals surface area contributed by atoms with E-state index < -0.39 is 0 Å². The lowest BCUT2D eigenvalue weighted by molar-refractivity contribution is 0.103. The van der Waals surface area contributed by atoms with Gasteiger partial charge in [-0.2, -0.15) is 0 Å². The number of fused-ring (bicyclic) bond motifs is 1. The molecule has 0 fully saturated rings. The van der Waals surface area contributed by atoms with Crippen molar-refractivity contribution in [3.8, 4) is 11.3 Å². The number of thiazole rings is 1. The number of thiophene rings is 1. The number of amides is 1. The summed E-state index contributed by atoms with van der Waals surface area (Å²) in [7, 11) is 0. The Morgan fingerprint density at radius 1 is 1.19 bits per heavy atom. The van der Waals surface area contributed by atoms with Gasteiger partial charge in [-0.3, -0.25) is 10.1 Å². The summed E-state index contributed by atoms with van der Waals surface area (Å²) in [6.45, 7) is 3.90. The third kappa shape index (κ3) is 3.41. The normalized spacial score (nSPS) is 11.1. The van der Waals surface area contributed by atoms with E-state index in [2.05, 4.69) is 15.3 Å². The topological polar surface area (TPSA) is 80.9 Å². The maximum atomic E-state index is 12.7. The molecule has 4 rings (SSSR count). The molecule has 3 N–H and O–H groups in total. The van der Waals surface area contributed by atoms with Crippen molar-refractivity contribution in [2.75, 3.05) is 11.1 Å². The van der Waals surface area contributed by atoms with Crippen LogP contribution in [-0.2, 0) is 0 Å². The Balaban J connectivity index is 1.61. The average Bonchev–Trinajstić information content (AvgIpc) is 3.20. The molecule has 5 nitrogen and oxygen atoms in total. The number of hydrogen-bond donors (Lipinski definition) is 2. The minimum atomic E-state index is -0.274. The van der Waals surface area contributed by atoms with Crippen LogP contribution in [0.2, 0.25) is 5.02 Å². The Morgan fingerprint density at radius 2 is 1.93 bits per heavy atom. The number of anilines is 2. The van der Waals surface area contributed by atoms with E-state index in [0.717, 1.165) is 32.7 Å². The number of hydrogen-bond acceptors (Lipinski definition) is 6. The summed E-state index contributed by atoms with van der Waals surface area (Å²) in [6.07, 6.45) is 0. The van der Waals surface area contributed by atoms with Gasteiger partial charge < -0.3 is 5.73 Å². The number of nitrogen functional groups attached to an aromatic ring is 1. The van der Waals surface area contributed by atoms with E-state index in [1.165, 1.54) is 22.7 Å². The molecule has 0 atom stereocenters. The van der Waals surface area contributed by atoms with Crippen LogP contribution in [0.1, 0.15) is 20.9 Å². The molecule has 0 aliphatic rings. The minimum Gasteiger partial charge on any atom is -0.397 e. The highest BCUT2D eigenvalue weighted by Gasteiger charge is 2.20. The summed E-state index contributed by atoms with van der Waals surface area (Å²) >= 11 is 8.58. The summed E-state index contributed by atoms with van der Waals surface area (Å²) in [6, 6.07) is 9.37. The van der Waals surface area contributed by atoms with Crippen molar-refractivity contribution < 1.29 is 4.79 Å². The SMILES string of the molecule is Cc1cc(C)c2c(N)c(C(=O)Nc3nc(-c4ccc(Cl)cc4)cs3)sc2n1. The summed E-state index contributed by atoms with van der Waals surface area (Å²) < 4.78 is 0. The van der Waals surface area contributed by atoms with Gasteiger partial charge in [0.2, 0.25) is 0 Å². The highest BCUT2D eigenvalue weighted by molar-refractivity contribution is 7.21. The number of benzene rings is 1. The molecule has 8 heteroatoms. The average molecular weight is 415 g/mol. The number of pyridine rings is 1. The van der Waals surface area contributed by atoms with Crippen molar-refractivity contribution in [1.29, 1.82) is 0 Å². The molecular weight excluding hydrogens is 400 g/mol. The van der Waals surface area contributed by atoms with Gasteiger partial charge >= 0.3 is 0 Å². The van der Waals surface area contributed by atoms with E-state index in [4.69, 9.17) is 17.3 Å². The third-order valence-corrected chi connectivity index (χ3v) is 6.20. The predicted octanol–water partition coefficient (Wildman–Crippen LogP) is 5.52. The maximum absolute atomic E-state index is 12.7. The fraction of sp³-hybridized carbons (Fsp3) is 0.105. The lowest BCUT2D eigenvalue weighted by Gasteiger charge is -2.01. The largest absolute Gasteiger partial charge is 0.397 e. The van der Waals surface area contributed by atoms with Gasteiger partial charge in [0.1, 0.15) is 9.71 Å². The molecule has 3 heterocycles. The number of nitrogens with zero attached hydrogens (tertiary/aromatic N) is 2. The van der Waals surface area contributed by atoms with E-state index in [1.54, 1.807) is 0 Å². The Kier molecular flexibility index (Phi) is 4.59. The molecule has 136 valence electrons. The molecule has 3 aromatic heterocycles. The van der Waals surface area contributed by atoms with Crippen LogP contribution in [0.3, 0.4) is 0 Å². The third-order valence-electron chi connectivity index (χ3n) is 4.10. The monoisotopic (exact) mass is 414 g/mol. The summed E-state index contributed by atoms with van der Waals surface area (Å²) in [5, 5.41) is 6.76. The first-order valence-corrected chi connectivity index (χ1v) is 10.2. The van der Waals surface area contributed by atoms with Crippen LogP contribution in [0.5, 0.6) is 0 Å². The van der Waals surface area contributed by atoms with Gasteiger partial charge in [0, 0.05) is 27.0 Å². The van der Waals surface area contributed by atoms with Crippen molar-refractivity contribution in [1.82, 2.24) is 9.97 Å². The first-order valence-electron chi connectivity index (χ1n) is 8.11. The standard InChI is InChI=1S/C19H15ClN4OS2/c1-9-7-10(2)22-18-14(9)15(21)16(27-18)17(25)24-19-23-13(8-26-19)11-3-5-12(20)6-4-11/h3-8H,21H2,1-2H3,(H,23,24,25). The smallest absolute Gasteiger partial charge is 0.269 e. The summed E-state index contributed by atoms with van der Waals surface area (Å²) in [5.74, 6) is -0.274. The second kappa shape index (κ2) is 6.92. The first-order chi connectivity index (χ1) is 12.9. The number of halogens is 1. The molecule has 4 aromatic rings. The van der Waals surface area contributed by atoms with Crippen LogP contribution < -0.4 is 11.1 Å². The van der Waals surface area contributed by atoms with Crippen LogP contribution in [0, 0.1) is 13.8 Å². The minimum absolute atomic E-state index is 0.274. The Labute approximate surface area is 168 Å². The lowest BCUT2D eigenvalue weighted by atomic mass is 10.1. The van der Waals surface area contributed by atoms with E-state index in [-0.39, 0.29) is 5.91 Å². The van der Waals surface area contributed by atoms with Crippen molar-refractivity contribution in [3.05, 3.63) is 56.9 Å². The molecule has 27 heavy (non-hydrogen) atoms. The van der Waals surface area contributed by atoms with Crippen LogP contribution >= 0.6 is 34.3 Å². The number of rotatable bonds is 3. The Bertz CT molecular complexity index is 1160. The van der Waals surface area contributed by atoms with Crippen LogP contribution in [0.4, 0.5) is 10.8 Å². The fourth-order valence-electron chi connectivity index (χ4n) is 2.88. The van der Waals surface area contributed by atoms with Gasteiger partial charge in [-0.05, 0) is 37.6 Å². The first kappa shape index (κ1) is 17.9. The summed E-state index contributed by atoms with van der Waals surface area (Å²) in [4.78, 5) is 22.9. The summed E-state index contributed by atoms with van der Waals surface area (Å²) in [5.41, 5.74) is 10.3. The zero-order chi connectivity index (χ0) is 19.1. The van der Waals surface area contributed by atoms with E-state index in [9.17, 15) is 4.79 Å². The highest BCUT2D eigenvalue weighted by atomic mass is 35.5. The lowest BCUT2D eigenvalue weighted by Crippen LogP contribution is -2.11. The number of nitrogens with two attached hydrogens (primary N) is 1. The number of nitrogens with one attached hydrogen (secondary N) is 1. The van der Waals surface area contributed by atoms with Crippen molar-refractivity contribution >= 4 is 61.2 Å². The van der Waals surface area contributed by atoms with Gasteiger partial charge in [-0.25, -0.2) is 9.97 Å². The zero-order valence-electron chi connectivity index (χ0n) is 14.5. The van der Waals surface area contributed by atoms with Gasteiger partial charge in [-0.1, -0.05) is 23.7 Å².